The molecule has 1 atom stereocenters. The first-order valence-corrected chi connectivity index (χ1v) is 16.0. The molecular formula is C32H45F3O7S. The molecule has 2 rings (SSSR count). The lowest BCUT2D eigenvalue weighted by Gasteiger charge is -2.26. The van der Waals surface area contributed by atoms with Crippen molar-refractivity contribution in [2.24, 2.45) is 0 Å². The third kappa shape index (κ3) is 12.0. The Morgan fingerprint density at radius 3 is 2.12 bits per heavy atom. The predicted molar refractivity (Wildman–Crippen MR) is 160 cm³/mol. The summed E-state index contributed by atoms with van der Waals surface area (Å²) in [6.45, 7) is 9.73. The third-order valence-corrected chi connectivity index (χ3v) is 8.38. The van der Waals surface area contributed by atoms with Crippen molar-refractivity contribution in [3.63, 3.8) is 0 Å². The number of carbonyl (C=O) groups is 1. The molecule has 0 N–H and O–H groups in total. The maximum absolute atomic E-state index is 13.2. The lowest BCUT2D eigenvalue weighted by Crippen LogP contribution is -2.29. The second-order valence-electron chi connectivity index (χ2n) is 11.0. The van der Waals surface area contributed by atoms with Crippen LogP contribution >= 0.6 is 0 Å². The van der Waals surface area contributed by atoms with Gasteiger partial charge in [0.2, 0.25) is 0 Å². The quantitative estimate of drug-likeness (QED) is 0.0833. The van der Waals surface area contributed by atoms with Gasteiger partial charge in [0, 0.05) is 18.4 Å². The molecule has 11 heteroatoms. The molecule has 0 radical (unpaired) electrons. The Morgan fingerprint density at radius 2 is 1.56 bits per heavy atom. The molecule has 1 aliphatic heterocycles. The van der Waals surface area contributed by atoms with Gasteiger partial charge in [-0.05, 0) is 103 Å². The standard InChI is InChI=1S/C32H45F3O7S/c1-22(12-10-14-24(3)17-19-29(36)39-6)11-9-13-23(2)16-18-27-21-28(41-30-15-7-8-20-40-30)25(4)26(5)31(27)42-43(37,38)32(33,34)35/h11,14,16,21,30H,7-10,12-13,15,17-20H2,1-6H3/b22-11+,23-16?,24-14+. The van der Waals surface area contributed by atoms with Crippen molar-refractivity contribution in [3.8, 4) is 11.5 Å². The van der Waals surface area contributed by atoms with Crippen LogP contribution in [0, 0.1) is 13.8 Å². The van der Waals surface area contributed by atoms with Crippen LogP contribution in [-0.4, -0.2) is 39.9 Å². The van der Waals surface area contributed by atoms with Crippen LogP contribution in [0.25, 0.3) is 0 Å². The van der Waals surface area contributed by atoms with Crippen molar-refractivity contribution in [3.05, 3.63) is 57.7 Å². The molecule has 0 amide bonds. The number of alkyl halides is 3. The second kappa shape index (κ2) is 16.9. The van der Waals surface area contributed by atoms with Crippen molar-refractivity contribution in [2.75, 3.05) is 13.7 Å². The van der Waals surface area contributed by atoms with E-state index < -0.39 is 21.9 Å². The lowest BCUT2D eigenvalue weighted by molar-refractivity contribution is -0.140. The molecule has 0 aromatic heterocycles. The topological polar surface area (TPSA) is 88.1 Å². The van der Waals surface area contributed by atoms with Gasteiger partial charge < -0.3 is 18.4 Å². The zero-order valence-corrected chi connectivity index (χ0v) is 26.9. The molecule has 0 saturated carbocycles. The van der Waals surface area contributed by atoms with E-state index in [2.05, 4.69) is 28.0 Å². The molecule has 1 aromatic carbocycles. The highest BCUT2D eigenvalue weighted by atomic mass is 32.2. The summed E-state index contributed by atoms with van der Waals surface area (Å²) in [7, 11) is -4.47. The monoisotopic (exact) mass is 630 g/mol. The van der Waals surface area contributed by atoms with E-state index in [-0.39, 0.29) is 29.3 Å². The second-order valence-corrected chi connectivity index (χ2v) is 12.6. The van der Waals surface area contributed by atoms with E-state index in [0.717, 1.165) is 49.7 Å². The molecule has 0 aliphatic carbocycles. The van der Waals surface area contributed by atoms with Gasteiger partial charge in [-0.25, -0.2) is 0 Å². The number of carbonyl (C=O) groups excluding carboxylic acids is 1. The molecule has 1 heterocycles. The molecular weight excluding hydrogens is 585 g/mol. The van der Waals surface area contributed by atoms with Crippen molar-refractivity contribution in [1.29, 1.82) is 0 Å². The molecule has 1 aliphatic rings. The Hall–Kier alpha value is -2.79. The smallest absolute Gasteiger partial charge is 0.469 e. The van der Waals surface area contributed by atoms with E-state index in [1.807, 2.05) is 19.9 Å². The summed E-state index contributed by atoms with van der Waals surface area (Å²) in [6, 6.07) is 1.55. The Kier molecular flexibility index (Phi) is 14.3. The number of allylic oxidation sites excluding steroid dienone is 6. The van der Waals surface area contributed by atoms with Gasteiger partial charge in [0.1, 0.15) is 11.5 Å². The Labute approximate surface area is 254 Å². The molecule has 7 nitrogen and oxygen atoms in total. The van der Waals surface area contributed by atoms with Gasteiger partial charge in [-0.2, -0.15) is 21.6 Å². The van der Waals surface area contributed by atoms with Crippen LogP contribution in [0.2, 0.25) is 0 Å². The fraction of sp³-hybridized carbons (Fsp3) is 0.594. The number of hydrogen-bond acceptors (Lipinski definition) is 7. The van der Waals surface area contributed by atoms with Gasteiger partial charge in [0.05, 0.1) is 13.7 Å². The molecule has 1 saturated heterocycles. The molecule has 242 valence electrons. The summed E-state index contributed by atoms with van der Waals surface area (Å²) in [5, 5.41) is 0. The van der Waals surface area contributed by atoms with E-state index in [1.54, 1.807) is 13.0 Å². The van der Waals surface area contributed by atoms with Crippen LogP contribution in [0.1, 0.15) is 95.2 Å². The van der Waals surface area contributed by atoms with Gasteiger partial charge >= 0.3 is 21.6 Å². The summed E-state index contributed by atoms with van der Waals surface area (Å²) >= 11 is 0. The van der Waals surface area contributed by atoms with E-state index in [9.17, 15) is 26.4 Å². The zero-order valence-electron chi connectivity index (χ0n) is 26.1. The normalized spacial score (nSPS) is 17.1. The molecule has 1 aromatic rings. The molecule has 0 spiro atoms. The lowest BCUT2D eigenvalue weighted by atomic mass is 9.99. The fourth-order valence-corrected chi connectivity index (χ4v) is 5.05. The number of rotatable bonds is 15. The highest BCUT2D eigenvalue weighted by Gasteiger charge is 2.49. The van der Waals surface area contributed by atoms with Crippen molar-refractivity contribution in [1.82, 2.24) is 0 Å². The minimum Gasteiger partial charge on any atom is -0.469 e. The predicted octanol–water partition coefficient (Wildman–Crippen LogP) is 8.33. The summed E-state index contributed by atoms with van der Waals surface area (Å²) < 4.78 is 84.5. The van der Waals surface area contributed by atoms with Gasteiger partial charge in [-0.1, -0.05) is 34.9 Å². The first-order valence-electron chi connectivity index (χ1n) is 14.6. The van der Waals surface area contributed by atoms with Gasteiger partial charge in [0.25, 0.3) is 0 Å². The maximum Gasteiger partial charge on any atom is 0.534 e. The molecule has 1 unspecified atom stereocenters. The van der Waals surface area contributed by atoms with Crippen molar-refractivity contribution >= 4 is 16.1 Å². The van der Waals surface area contributed by atoms with Crippen LogP contribution in [0.4, 0.5) is 13.2 Å². The Balaban J connectivity index is 2.13. The number of benzene rings is 1. The van der Waals surface area contributed by atoms with Gasteiger partial charge in [-0.15, -0.1) is 0 Å². The largest absolute Gasteiger partial charge is 0.534 e. The molecule has 1 fully saturated rings. The van der Waals surface area contributed by atoms with E-state index >= 15 is 0 Å². The number of methoxy groups -OCH3 is 1. The average molecular weight is 631 g/mol. The Bertz CT molecular complexity index is 1290. The Morgan fingerprint density at radius 1 is 0.953 bits per heavy atom. The van der Waals surface area contributed by atoms with E-state index in [4.69, 9.17) is 9.47 Å². The van der Waals surface area contributed by atoms with E-state index in [1.165, 1.54) is 19.6 Å². The van der Waals surface area contributed by atoms with Crippen LogP contribution < -0.4 is 8.92 Å². The first kappa shape index (κ1) is 36.4. The fourth-order valence-electron chi connectivity index (χ4n) is 4.50. The highest BCUT2D eigenvalue weighted by molar-refractivity contribution is 7.88. The summed E-state index contributed by atoms with van der Waals surface area (Å²) in [5.41, 5.74) is -1.14. The number of halogens is 3. The summed E-state index contributed by atoms with van der Waals surface area (Å²) in [5.74, 6) is -0.125. The van der Waals surface area contributed by atoms with E-state index in [0.29, 0.717) is 37.2 Å². The number of esters is 1. The summed E-state index contributed by atoms with van der Waals surface area (Å²) in [4.78, 5) is 11.3. The van der Waals surface area contributed by atoms with Crippen LogP contribution in [0.15, 0.2) is 41.0 Å². The SMILES string of the molecule is COC(=O)CC/C(C)=C/CC/C(C)=C/CCC(C)=CCc1cc(OC2CCCCO2)c(C)c(C)c1OS(=O)(=O)C(F)(F)F. The number of ether oxygens (including phenoxy) is 3. The molecule has 0 bridgehead atoms. The van der Waals surface area contributed by atoms with Crippen LogP contribution in [0.3, 0.4) is 0 Å². The van der Waals surface area contributed by atoms with Gasteiger partial charge in [0.15, 0.2) is 6.29 Å². The van der Waals surface area contributed by atoms with Crippen molar-refractivity contribution in [2.45, 2.75) is 111 Å². The third-order valence-electron chi connectivity index (χ3n) is 7.43. The summed E-state index contributed by atoms with van der Waals surface area (Å²) in [6.07, 6.45) is 12.7. The van der Waals surface area contributed by atoms with Crippen LogP contribution in [0.5, 0.6) is 11.5 Å². The average Bonchev–Trinajstić information content (AvgIpc) is 2.94. The van der Waals surface area contributed by atoms with Crippen LogP contribution in [-0.2, 0) is 30.8 Å². The number of hydrogen-bond donors (Lipinski definition) is 0. The first-order chi connectivity index (χ1) is 20.1. The minimum atomic E-state index is -5.86. The zero-order chi connectivity index (χ0) is 32.2. The van der Waals surface area contributed by atoms with Gasteiger partial charge in [-0.3, -0.25) is 4.79 Å². The highest BCUT2D eigenvalue weighted by Crippen LogP contribution is 2.38. The van der Waals surface area contributed by atoms with Crippen molar-refractivity contribution < 1.29 is 44.8 Å². The maximum atomic E-state index is 13.2. The minimum absolute atomic E-state index is 0.163. The molecule has 43 heavy (non-hydrogen) atoms.